The molecule has 36 heavy (non-hydrogen) atoms. The standard InChI is InChI=1S/C34H44O2/c1-17(2)23-11-9-19(5)29-25(15-23)21(7)13-27(29)31-33(35)32(34(31)36)28-14-22(8)26-16-24(18(3)4)12-10-20(6)30(26)28/h9,11-14,17-18,20,26-27,30-31,33,35H,10,15-16H2,1-8H3. The van der Waals surface area contributed by atoms with E-state index in [2.05, 4.69) is 85.8 Å². The molecule has 5 aliphatic rings. The summed E-state index contributed by atoms with van der Waals surface area (Å²) in [5.74, 6) is 2.10. The van der Waals surface area contributed by atoms with E-state index in [0.29, 0.717) is 35.2 Å². The van der Waals surface area contributed by atoms with Crippen molar-refractivity contribution < 1.29 is 9.90 Å². The lowest BCUT2D eigenvalue weighted by molar-refractivity contribution is -0.132. The Morgan fingerprint density at radius 2 is 1.61 bits per heavy atom. The molecule has 5 aliphatic carbocycles. The van der Waals surface area contributed by atoms with Crippen LogP contribution in [0.3, 0.4) is 0 Å². The Morgan fingerprint density at radius 1 is 0.917 bits per heavy atom. The highest BCUT2D eigenvalue weighted by atomic mass is 16.3. The molecule has 1 saturated carbocycles. The van der Waals surface area contributed by atoms with Crippen LogP contribution in [0.1, 0.15) is 74.7 Å². The number of carbonyl (C=O) groups is 1. The van der Waals surface area contributed by atoms with Crippen molar-refractivity contribution in [3.05, 3.63) is 80.5 Å². The van der Waals surface area contributed by atoms with E-state index >= 15 is 0 Å². The van der Waals surface area contributed by atoms with Crippen molar-refractivity contribution >= 4 is 5.78 Å². The number of fused-ring (bicyclic) bond motifs is 1. The number of allylic oxidation sites excluding steroid dienone is 13. The van der Waals surface area contributed by atoms with Crippen LogP contribution in [0.5, 0.6) is 0 Å². The van der Waals surface area contributed by atoms with E-state index in [0.717, 1.165) is 24.8 Å². The number of rotatable bonds is 3. The van der Waals surface area contributed by atoms with Gasteiger partial charge >= 0.3 is 0 Å². The zero-order valence-corrected chi connectivity index (χ0v) is 23.5. The molecule has 2 nitrogen and oxygen atoms in total. The summed E-state index contributed by atoms with van der Waals surface area (Å²) in [6.07, 6.45) is 13.9. The molecule has 1 fully saturated rings. The average molecular weight is 485 g/mol. The second-order valence-electron chi connectivity index (χ2n) is 12.8. The molecule has 5 rings (SSSR count). The van der Waals surface area contributed by atoms with Crippen molar-refractivity contribution in [1.29, 1.82) is 0 Å². The third kappa shape index (κ3) is 3.92. The van der Waals surface area contributed by atoms with Gasteiger partial charge in [0.15, 0.2) is 5.78 Å². The van der Waals surface area contributed by atoms with Crippen LogP contribution < -0.4 is 0 Å². The van der Waals surface area contributed by atoms with E-state index in [1.54, 1.807) is 5.57 Å². The second kappa shape index (κ2) is 9.28. The number of hydrogen-bond donors (Lipinski definition) is 1. The monoisotopic (exact) mass is 484 g/mol. The van der Waals surface area contributed by atoms with Crippen molar-refractivity contribution in [3.63, 3.8) is 0 Å². The summed E-state index contributed by atoms with van der Waals surface area (Å²) >= 11 is 0. The van der Waals surface area contributed by atoms with Crippen molar-refractivity contribution in [1.82, 2.24) is 0 Å². The molecule has 0 spiro atoms. The Hall–Kier alpha value is -2.19. The van der Waals surface area contributed by atoms with Gasteiger partial charge in [0.2, 0.25) is 0 Å². The molecule has 2 heteroatoms. The number of aliphatic hydroxyl groups excluding tert-OH is 1. The van der Waals surface area contributed by atoms with Crippen LogP contribution in [-0.4, -0.2) is 17.0 Å². The molecule has 1 N–H and O–H groups in total. The van der Waals surface area contributed by atoms with Gasteiger partial charge in [0.1, 0.15) is 0 Å². The predicted octanol–water partition coefficient (Wildman–Crippen LogP) is 7.85. The molecular weight excluding hydrogens is 440 g/mol. The number of aliphatic hydroxyl groups is 1. The summed E-state index contributed by atoms with van der Waals surface area (Å²) in [4.78, 5) is 13.9. The van der Waals surface area contributed by atoms with E-state index < -0.39 is 6.10 Å². The second-order valence-corrected chi connectivity index (χ2v) is 12.8. The molecule has 0 bridgehead atoms. The highest BCUT2D eigenvalue weighted by Crippen LogP contribution is 2.54. The van der Waals surface area contributed by atoms with Gasteiger partial charge in [0.05, 0.1) is 12.0 Å². The van der Waals surface area contributed by atoms with Crippen molar-refractivity contribution in [2.75, 3.05) is 0 Å². The quantitative estimate of drug-likeness (QED) is 0.327. The molecule has 0 aromatic heterocycles. The summed E-state index contributed by atoms with van der Waals surface area (Å²) in [6.45, 7) is 18.0. The Kier molecular flexibility index (Phi) is 6.56. The topological polar surface area (TPSA) is 37.3 Å². The molecule has 6 atom stereocenters. The molecular formula is C34H44O2. The number of hydrogen-bond acceptors (Lipinski definition) is 2. The Morgan fingerprint density at radius 3 is 2.25 bits per heavy atom. The maximum absolute atomic E-state index is 13.9. The van der Waals surface area contributed by atoms with Crippen molar-refractivity contribution in [3.8, 4) is 0 Å². The fraction of sp³-hybridized carbons (Fsp3) is 0.559. The highest BCUT2D eigenvalue weighted by molar-refractivity contribution is 6.08. The number of Topliss-reactive ketones (excluding diaryl/α,β-unsaturated/α-hetero) is 1. The van der Waals surface area contributed by atoms with Gasteiger partial charge in [-0.3, -0.25) is 4.79 Å². The van der Waals surface area contributed by atoms with Gasteiger partial charge in [-0.25, -0.2) is 0 Å². The maximum Gasteiger partial charge on any atom is 0.168 e. The van der Waals surface area contributed by atoms with E-state index in [9.17, 15) is 9.90 Å². The van der Waals surface area contributed by atoms with Crippen LogP contribution in [0.4, 0.5) is 0 Å². The molecule has 0 saturated heterocycles. The zero-order chi connectivity index (χ0) is 26.0. The molecule has 0 aromatic carbocycles. The molecule has 192 valence electrons. The SMILES string of the molecule is CC1=CC(C2C(=O)C(=C3C=C(C)C4CC(C(C)C)=CCC(C)C34)C2O)C2=C1CC(C(C)C)=CC=C2C. The number of carbonyl (C=O) groups excluding carboxylic acids is 1. The van der Waals surface area contributed by atoms with E-state index in [4.69, 9.17) is 0 Å². The fourth-order valence-electron chi connectivity index (χ4n) is 7.58. The minimum Gasteiger partial charge on any atom is -0.387 e. The van der Waals surface area contributed by atoms with Crippen LogP contribution in [0, 0.1) is 41.4 Å². The lowest BCUT2D eigenvalue weighted by Gasteiger charge is -2.41. The molecule has 0 radical (unpaired) electrons. The summed E-state index contributed by atoms with van der Waals surface area (Å²) in [6, 6.07) is 0. The lowest BCUT2D eigenvalue weighted by atomic mass is 9.63. The molecule has 6 unspecified atom stereocenters. The first-order chi connectivity index (χ1) is 17.0. The van der Waals surface area contributed by atoms with Gasteiger partial charge in [0, 0.05) is 11.5 Å². The normalized spacial score (nSPS) is 36.5. The third-order valence-corrected chi connectivity index (χ3v) is 9.88. The van der Waals surface area contributed by atoms with Gasteiger partial charge in [-0.2, -0.15) is 0 Å². The summed E-state index contributed by atoms with van der Waals surface area (Å²) in [7, 11) is 0. The van der Waals surface area contributed by atoms with Gasteiger partial charge in [-0.05, 0) is 91.9 Å². The molecule has 0 aromatic rings. The lowest BCUT2D eigenvalue weighted by Crippen LogP contribution is -2.50. The first-order valence-corrected chi connectivity index (χ1v) is 14.1. The van der Waals surface area contributed by atoms with Gasteiger partial charge in [0.25, 0.3) is 0 Å². The molecule has 0 amide bonds. The van der Waals surface area contributed by atoms with Crippen LogP contribution in [-0.2, 0) is 4.79 Å². The molecule has 0 heterocycles. The minimum absolute atomic E-state index is 0.0222. The van der Waals surface area contributed by atoms with Crippen LogP contribution in [0.15, 0.2) is 80.5 Å². The minimum atomic E-state index is -0.683. The third-order valence-electron chi connectivity index (χ3n) is 9.88. The first-order valence-electron chi connectivity index (χ1n) is 14.1. The van der Waals surface area contributed by atoms with Crippen LogP contribution in [0.25, 0.3) is 0 Å². The highest BCUT2D eigenvalue weighted by Gasteiger charge is 2.53. The molecule has 0 aliphatic heterocycles. The van der Waals surface area contributed by atoms with Crippen LogP contribution in [0.2, 0.25) is 0 Å². The van der Waals surface area contributed by atoms with Gasteiger partial charge in [-0.1, -0.05) is 87.3 Å². The first kappa shape index (κ1) is 25.5. The van der Waals surface area contributed by atoms with Gasteiger partial charge < -0.3 is 5.11 Å². The smallest absolute Gasteiger partial charge is 0.168 e. The van der Waals surface area contributed by atoms with E-state index in [1.807, 2.05) is 0 Å². The largest absolute Gasteiger partial charge is 0.387 e. The zero-order valence-electron chi connectivity index (χ0n) is 23.5. The van der Waals surface area contributed by atoms with E-state index in [-0.39, 0.29) is 17.6 Å². The summed E-state index contributed by atoms with van der Waals surface area (Å²) in [5, 5.41) is 11.6. The Bertz CT molecular complexity index is 1210. The maximum atomic E-state index is 13.9. The van der Waals surface area contributed by atoms with E-state index in [1.165, 1.54) is 33.4 Å². The Labute approximate surface area is 218 Å². The summed E-state index contributed by atoms with van der Waals surface area (Å²) in [5.41, 5.74) is 11.4. The van der Waals surface area contributed by atoms with Crippen LogP contribution >= 0.6 is 0 Å². The average Bonchev–Trinajstić information content (AvgIpc) is 3.11. The summed E-state index contributed by atoms with van der Waals surface area (Å²) < 4.78 is 0. The van der Waals surface area contributed by atoms with Crippen molar-refractivity contribution in [2.24, 2.45) is 41.4 Å². The predicted molar refractivity (Wildman–Crippen MR) is 149 cm³/mol. The van der Waals surface area contributed by atoms with Crippen molar-refractivity contribution in [2.45, 2.75) is 80.8 Å². The number of ketones is 1. The van der Waals surface area contributed by atoms with Gasteiger partial charge in [-0.15, -0.1) is 0 Å². The fourth-order valence-corrected chi connectivity index (χ4v) is 7.58. The Balaban J connectivity index is 1.47.